The van der Waals surface area contributed by atoms with Gasteiger partial charge >= 0.3 is 12.1 Å². The van der Waals surface area contributed by atoms with Crippen molar-refractivity contribution in [1.82, 2.24) is 19.7 Å². The molecule has 1 atom stereocenters. The van der Waals surface area contributed by atoms with E-state index in [2.05, 4.69) is 10.1 Å². The largest absolute Gasteiger partial charge is 0.481 e. The molecule has 1 saturated heterocycles. The van der Waals surface area contributed by atoms with E-state index in [1.165, 1.54) is 17.3 Å². The van der Waals surface area contributed by atoms with Crippen molar-refractivity contribution in [2.45, 2.75) is 69.7 Å². The predicted molar refractivity (Wildman–Crippen MR) is 133 cm³/mol. The molecule has 1 aliphatic heterocycles. The number of rotatable bonds is 8. The van der Waals surface area contributed by atoms with Gasteiger partial charge in [0.15, 0.2) is 5.69 Å². The second kappa shape index (κ2) is 11.4. The molecule has 1 saturated carbocycles. The summed E-state index contributed by atoms with van der Waals surface area (Å²) in [5.41, 5.74) is -1.83. The SMILES string of the molecule is C[C@]1(CN(CCc2c(Cl)cncc2Cl)C(=O)c2cnn(C3CCC(C(=O)O)CC3)c2C(F)(F)F)CCCO1. The Morgan fingerprint density at radius 1 is 1.18 bits per heavy atom. The molecule has 1 N–H and O–H groups in total. The van der Waals surface area contributed by atoms with E-state index in [1.807, 2.05) is 6.92 Å². The van der Waals surface area contributed by atoms with Gasteiger partial charge in [-0.3, -0.25) is 19.3 Å². The van der Waals surface area contributed by atoms with Crippen LogP contribution in [0.3, 0.4) is 0 Å². The number of alkyl halides is 3. The number of aliphatic carboxylic acids is 1. The van der Waals surface area contributed by atoms with Crippen molar-refractivity contribution < 1.29 is 32.6 Å². The summed E-state index contributed by atoms with van der Waals surface area (Å²) in [7, 11) is 0. The summed E-state index contributed by atoms with van der Waals surface area (Å²) >= 11 is 12.5. The van der Waals surface area contributed by atoms with Crippen LogP contribution in [0.2, 0.25) is 10.0 Å². The van der Waals surface area contributed by atoms with Gasteiger partial charge in [0.05, 0.1) is 39.4 Å². The van der Waals surface area contributed by atoms with Crippen LogP contribution in [0.4, 0.5) is 13.2 Å². The lowest BCUT2D eigenvalue weighted by Crippen LogP contribution is -2.45. The van der Waals surface area contributed by atoms with Gasteiger partial charge in [-0.25, -0.2) is 0 Å². The number of hydrogen-bond donors (Lipinski definition) is 1. The van der Waals surface area contributed by atoms with Gasteiger partial charge in [0.25, 0.3) is 5.91 Å². The van der Waals surface area contributed by atoms with Crippen LogP contribution in [-0.2, 0) is 22.1 Å². The number of carbonyl (C=O) groups is 2. The van der Waals surface area contributed by atoms with Crippen molar-refractivity contribution in [3.63, 3.8) is 0 Å². The Kier molecular flexibility index (Phi) is 8.59. The van der Waals surface area contributed by atoms with Crippen LogP contribution >= 0.6 is 23.2 Å². The first-order chi connectivity index (χ1) is 17.9. The quantitative estimate of drug-likeness (QED) is 0.434. The molecule has 3 heterocycles. The smallest absolute Gasteiger partial charge is 0.433 e. The van der Waals surface area contributed by atoms with E-state index >= 15 is 0 Å². The summed E-state index contributed by atoms with van der Waals surface area (Å²) in [6.07, 6.45) is 1.55. The van der Waals surface area contributed by atoms with E-state index in [9.17, 15) is 27.9 Å². The molecule has 0 spiro atoms. The highest BCUT2D eigenvalue weighted by molar-refractivity contribution is 6.35. The van der Waals surface area contributed by atoms with E-state index in [1.54, 1.807) is 0 Å². The number of aromatic nitrogens is 3. The number of amides is 1. The van der Waals surface area contributed by atoms with Crippen LogP contribution in [0, 0.1) is 5.92 Å². The molecular weight excluding hydrogens is 548 g/mol. The molecule has 2 fully saturated rings. The highest BCUT2D eigenvalue weighted by Gasteiger charge is 2.44. The lowest BCUT2D eigenvalue weighted by Gasteiger charge is -2.32. The Bertz CT molecular complexity index is 1160. The molecular formula is C25H29Cl2F3N4O4. The topological polar surface area (TPSA) is 97.6 Å². The van der Waals surface area contributed by atoms with Gasteiger partial charge in [-0.1, -0.05) is 23.2 Å². The molecule has 38 heavy (non-hydrogen) atoms. The summed E-state index contributed by atoms with van der Waals surface area (Å²) in [4.78, 5) is 30.3. The first kappa shape index (κ1) is 28.6. The third-order valence-electron chi connectivity index (χ3n) is 7.38. The molecule has 208 valence electrons. The molecule has 0 aromatic carbocycles. The number of hydrogen-bond acceptors (Lipinski definition) is 5. The maximum absolute atomic E-state index is 14.4. The summed E-state index contributed by atoms with van der Waals surface area (Å²) < 4.78 is 49.8. The zero-order valence-electron chi connectivity index (χ0n) is 20.8. The highest BCUT2D eigenvalue weighted by atomic mass is 35.5. The van der Waals surface area contributed by atoms with Crippen molar-refractivity contribution >= 4 is 35.1 Å². The summed E-state index contributed by atoms with van der Waals surface area (Å²) in [5, 5.41) is 13.8. The second-order valence-corrected chi connectivity index (χ2v) is 11.0. The minimum Gasteiger partial charge on any atom is -0.481 e. The Morgan fingerprint density at radius 3 is 2.39 bits per heavy atom. The molecule has 8 nitrogen and oxygen atoms in total. The maximum atomic E-state index is 14.4. The van der Waals surface area contributed by atoms with Crippen molar-refractivity contribution in [3.05, 3.63) is 45.5 Å². The van der Waals surface area contributed by atoms with E-state index in [-0.39, 0.29) is 45.2 Å². The van der Waals surface area contributed by atoms with Crippen LogP contribution in [0.15, 0.2) is 18.6 Å². The summed E-state index contributed by atoms with van der Waals surface area (Å²) in [6.45, 7) is 2.47. The fourth-order valence-electron chi connectivity index (χ4n) is 5.36. The van der Waals surface area contributed by atoms with Crippen molar-refractivity contribution in [1.29, 1.82) is 0 Å². The van der Waals surface area contributed by atoms with Gasteiger partial charge < -0.3 is 14.7 Å². The zero-order chi connectivity index (χ0) is 27.7. The average molecular weight is 577 g/mol. The Morgan fingerprint density at radius 2 is 1.84 bits per heavy atom. The summed E-state index contributed by atoms with van der Waals surface area (Å²) in [5.74, 6) is -2.36. The van der Waals surface area contributed by atoms with Gasteiger partial charge in [0, 0.05) is 32.1 Å². The minimum absolute atomic E-state index is 0.0490. The third-order valence-corrected chi connectivity index (χ3v) is 8.03. The molecule has 0 unspecified atom stereocenters. The fourth-order valence-corrected chi connectivity index (χ4v) is 5.91. The lowest BCUT2D eigenvalue weighted by molar-refractivity contribution is -0.147. The van der Waals surface area contributed by atoms with Crippen LogP contribution in [0.1, 0.15) is 73.1 Å². The number of ether oxygens (including phenoxy) is 1. The van der Waals surface area contributed by atoms with Crippen LogP contribution in [0.5, 0.6) is 0 Å². The van der Waals surface area contributed by atoms with Gasteiger partial charge in [-0.05, 0) is 57.4 Å². The van der Waals surface area contributed by atoms with E-state index in [4.69, 9.17) is 27.9 Å². The lowest BCUT2D eigenvalue weighted by atomic mass is 9.86. The van der Waals surface area contributed by atoms with Crippen molar-refractivity contribution in [2.75, 3.05) is 19.7 Å². The van der Waals surface area contributed by atoms with E-state index in [0.717, 1.165) is 17.3 Å². The van der Waals surface area contributed by atoms with Gasteiger partial charge in [0.1, 0.15) is 0 Å². The van der Waals surface area contributed by atoms with Crippen molar-refractivity contribution in [3.8, 4) is 0 Å². The Labute approximate surface area is 228 Å². The van der Waals surface area contributed by atoms with Gasteiger partial charge in [0.2, 0.25) is 0 Å². The number of carboxylic acid groups (broad SMARTS) is 1. The number of halogens is 5. The fraction of sp³-hybridized carbons (Fsp3) is 0.600. The van der Waals surface area contributed by atoms with Gasteiger partial charge in [-0.15, -0.1) is 0 Å². The first-order valence-electron chi connectivity index (χ1n) is 12.5. The maximum Gasteiger partial charge on any atom is 0.433 e. The molecule has 13 heteroatoms. The molecule has 0 bridgehead atoms. The molecule has 2 aliphatic rings. The molecule has 0 radical (unpaired) electrons. The number of carboxylic acids is 1. The second-order valence-electron chi connectivity index (χ2n) is 10.2. The predicted octanol–water partition coefficient (Wildman–Crippen LogP) is 5.67. The number of nitrogens with zero attached hydrogens (tertiary/aromatic N) is 4. The van der Waals surface area contributed by atoms with Crippen LogP contribution < -0.4 is 0 Å². The first-order valence-corrected chi connectivity index (χ1v) is 13.2. The number of pyridine rings is 1. The normalized spacial score (nSPS) is 23.9. The minimum atomic E-state index is -4.84. The molecule has 2 aromatic rings. The highest BCUT2D eigenvalue weighted by Crippen LogP contribution is 2.39. The van der Waals surface area contributed by atoms with E-state index in [0.29, 0.717) is 28.6 Å². The Balaban J connectivity index is 1.64. The van der Waals surface area contributed by atoms with Crippen molar-refractivity contribution in [2.24, 2.45) is 5.92 Å². The molecule has 4 rings (SSSR count). The standard InChI is InChI=1S/C25H29Cl2F3N4O4/c1-24(8-2-10-38-24)14-33(9-7-17-19(26)12-31-13-20(17)27)22(35)18-11-32-34(21(18)25(28,29)30)16-5-3-15(4-6-16)23(36)37/h11-13,15-16H,2-10,14H2,1H3,(H,36,37)/t15?,16?,24-/m1/s1. The number of carbonyl (C=O) groups excluding carboxylic acids is 1. The van der Waals surface area contributed by atoms with Gasteiger partial charge in [-0.2, -0.15) is 18.3 Å². The molecule has 2 aromatic heterocycles. The van der Waals surface area contributed by atoms with Crippen LogP contribution in [-0.4, -0.2) is 61.9 Å². The Hall–Kier alpha value is -2.37. The molecule has 1 aliphatic carbocycles. The zero-order valence-corrected chi connectivity index (χ0v) is 22.3. The van der Waals surface area contributed by atoms with E-state index < -0.39 is 46.9 Å². The monoisotopic (exact) mass is 576 g/mol. The average Bonchev–Trinajstić information content (AvgIpc) is 3.49. The molecule has 1 amide bonds. The summed E-state index contributed by atoms with van der Waals surface area (Å²) in [6, 6.07) is -0.651. The third kappa shape index (κ3) is 6.26. The van der Waals surface area contributed by atoms with Crippen LogP contribution in [0.25, 0.3) is 0 Å².